The number of nitrogens with two attached hydrogens (primary N) is 1. The number of nitrogens with one attached hydrogen (secondary N) is 1. The molecule has 0 aliphatic carbocycles. The van der Waals surface area contributed by atoms with Crippen LogP contribution in [0, 0.1) is 0 Å². The van der Waals surface area contributed by atoms with Crippen molar-refractivity contribution in [2.24, 2.45) is 5.14 Å². The van der Waals surface area contributed by atoms with Gasteiger partial charge in [-0.2, -0.15) is 0 Å². The second-order valence-electron chi connectivity index (χ2n) is 5.98. The monoisotopic (exact) mass is 381 g/mol. The number of thiophene rings is 1. The Kier molecular flexibility index (Phi) is 6.34. The standard InChI is InChI=1S/C17H23N3O3S2/c1-4-12-5-7-13(8-6-12)15(20(2)3)10-19-17(21)14-9-16(24-11-14)25(18,22)23/h5-9,11,15H,4,10H2,1-3H3,(H,19,21)(H2,18,22,23)/t15-/m0/s1. The maximum atomic E-state index is 12.3. The molecular formula is C17H23N3O3S2. The third-order valence-electron chi connectivity index (χ3n) is 3.97. The summed E-state index contributed by atoms with van der Waals surface area (Å²) >= 11 is 0.942. The Morgan fingerprint density at radius 3 is 2.40 bits per heavy atom. The van der Waals surface area contributed by atoms with E-state index in [9.17, 15) is 13.2 Å². The van der Waals surface area contributed by atoms with Crippen LogP contribution in [0.4, 0.5) is 0 Å². The van der Waals surface area contributed by atoms with E-state index in [0.29, 0.717) is 12.1 Å². The Labute approximate surface area is 152 Å². The van der Waals surface area contributed by atoms with Crippen LogP contribution in [-0.4, -0.2) is 39.9 Å². The maximum Gasteiger partial charge on any atom is 0.252 e. The van der Waals surface area contributed by atoms with Crippen LogP contribution in [0.2, 0.25) is 0 Å². The van der Waals surface area contributed by atoms with E-state index in [0.717, 1.165) is 23.3 Å². The molecule has 1 amide bonds. The number of hydrogen-bond donors (Lipinski definition) is 2. The van der Waals surface area contributed by atoms with E-state index in [2.05, 4.69) is 36.5 Å². The highest BCUT2D eigenvalue weighted by molar-refractivity contribution is 7.91. The Bertz CT molecular complexity index is 827. The highest BCUT2D eigenvalue weighted by Crippen LogP contribution is 2.20. The predicted molar refractivity (Wildman–Crippen MR) is 100 cm³/mol. The summed E-state index contributed by atoms with van der Waals surface area (Å²) < 4.78 is 22.6. The first-order valence-corrected chi connectivity index (χ1v) is 10.3. The molecule has 1 atom stereocenters. The van der Waals surface area contributed by atoms with Gasteiger partial charge in [0.1, 0.15) is 4.21 Å². The van der Waals surface area contributed by atoms with Gasteiger partial charge in [-0.25, -0.2) is 13.6 Å². The minimum Gasteiger partial charge on any atom is -0.350 e. The van der Waals surface area contributed by atoms with E-state index in [1.54, 1.807) is 0 Å². The number of primary sulfonamides is 1. The second-order valence-corrected chi connectivity index (χ2v) is 8.68. The van der Waals surface area contributed by atoms with Crippen LogP contribution in [0.25, 0.3) is 0 Å². The van der Waals surface area contributed by atoms with Crippen molar-refractivity contribution in [3.05, 3.63) is 52.4 Å². The largest absolute Gasteiger partial charge is 0.350 e. The fourth-order valence-electron chi connectivity index (χ4n) is 2.45. The molecule has 0 saturated carbocycles. The molecular weight excluding hydrogens is 358 g/mol. The minimum atomic E-state index is -3.78. The molecule has 0 bridgehead atoms. The average Bonchev–Trinajstić information content (AvgIpc) is 3.05. The van der Waals surface area contributed by atoms with Crippen molar-refractivity contribution >= 4 is 27.3 Å². The van der Waals surface area contributed by atoms with Crippen LogP contribution >= 0.6 is 11.3 Å². The lowest BCUT2D eigenvalue weighted by atomic mass is 10.0. The van der Waals surface area contributed by atoms with Gasteiger partial charge in [0.25, 0.3) is 5.91 Å². The maximum absolute atomic E-state index is 12.3. The van der Waals surface area contributed by atoms with Gasteiger partial charge >= 0.3 is 0 Å². The predicted octanol–water partition coefficient (Wildman–Crippen LogP) is 1.99. The van der Waals surface area contributed by atoms with Crippen molar-refractivity contribution < 1.29 is 13.2 Å². The Balaban J connectivity index is 2.07. The molecule has 1 aromatic carbocycles. The van der Waals surface area contributed by atoms with Crippen molar-refractivity contribution in [2.45, 2.75) is 23.6 Å². The van der Waals surface area contributed by atoms with E-state index in [-0.39, 0.29) is 16.2 Å². The molecule has 1 heterocycles. The SMILES string of the molecule is CCc1ccc([C@H](CNC(=O)c2csc(S(N)(=O)=O)c2)N(C)C)cc1. The van der Waals surface area contributed by atoms with E-state index in [1.165, 1.54) is 17.0 Å². The number of sulfonamides is 1. The molecule has 0 radical (unpaired) electrons. The zero-order valence-corrected chi connectivity index (χ0v) is 16.2. The first kappa shape index (κ1) is 19.6. The van der Waals surface area contributed by atoms with Gasteiger partial charge in [0.15, 0.2) is 0 Å². The highest BCUT2D eigenvalue weighted by Gasteiger charge is 2.18. The lowest BCUT2D eigenvalue weighted by Crippen LogP contribution is -2.34. The Hall–Kier alpha value is -1.74. The molecule has 0 fully saturated rings. The number of benzene rings is 1. The Morgan fingerprint density at radius 1 is 1.28 bits per heavy atom. The summed E-state index contributed by atoms with van der Waals surface area (Å²) in [6.07, 6.45) is 0.980. The number of hydrogen-bond acceptors (Lipinski definition) is 5. The number of rotatable bonds is 7. The number of amides is 1. The van der Waals surface area contributed by atoms with Crippen LogP contribution in [-0.2, 0) is 16.4 Å². The fourth-order valence-corrected chi connectivity index (χ4v) is 4.04. The van der Waals surface area contributed by atoms with Gasteiger partial charge < -0.3 is 10.2 Å². The smallest absolute Gasteiger partial charge is 0.252 e. The molecule has 25 heavy (non-hydrogen) atoms. The van der Waals surface area contributed by atoms with Gasteiger partial charge in [0, 0.05) is 11.9 Å². The molecule has 3 N–H and O–H groups in total. The van der Waals surface area contributed by atoms with Crippen LogP contribution in [0.3, 0.4) is 0 Å². The topological polar surface area (TPSA) is 92.5 Å². The summed E-state index contributed by atoms with van der Waals surface area (Å²) in [5, 5.41) is 9.43. The molecule has 0 unspecified atom stereocenters. The number of nitrogens with zero attached hydrogens (tertiary/aromatic N) is 1. The molecule has 0 aliphatic heterocycles. The van der Waals surface area contributed by atoms with Crippen LogP contribution in [0.15, 0.2) is 39.9 Å². The normalized spacial score (nSPS) is 13.0. The van der Waals surface area contributed by atoms with Gasteiger partial charge in [-0.1, -0.05) is 31.2 Å². The summed E-state index contributed by atoms with van der Waals surface area (Å²) in [5.41, 5.74) is 2.67. The lowest BCUT2D eigenvalue weighted by Gasteiger charge is -2.25. The van der Waals surface area contributed by atoms with E-state index >= 15 is 0 Å². The van der Waals surface area contributed by atoms with Crippen LogP contribution in [0.5, 0.6) is 0 Å². The first-order chi connectivity index (χ1) is 11.7. The minimum absolute atomic E-state index is 0.0167. The summed E-state index contributed by atoms with van der Waals surface area (Å²) in [7, 11) is 0.126. The highest BCUT2D eigenvalue weighted by atomic mass is 32.2. The number of carbonyl (C=O) groups is 1. The molecule has 0 spiro atoms. The molecule has 0 saturated heterocycles. The van der Waals surface area contributed by atoms with Gasteiger partial charge in [-0.15, -0.1) is 11.3 Å². The fraction of sp³-hybridized carbons (Fsp3) is 0.353. The van der Waals surface area contributed by atoms with E-state index < -0.39 is 10.0 Å². The third kappa shape index (κ3) is 5.12. The van der Waals surface area contributed by atoms with Crippen LogP contribution in [0.1, 0.15) is 34.5 Å². The number of carbonyl (C=O) groups excluding carboxylic acids is 1. The van der Waals surface area contributed by atoms with Gasteiger partial charge in [0.05, 0.1) is 11.6 Å². The Morgan fingerprint density at radius 2 is 1.92 bits per heavy atom. The zero-order chi connectivity index (χ0) is 18.6. The summed E-state index contributed by atoms with van der Waals surface area (Å²) in [4.78, 5) is 14.3. The second kappa shape index (κ2) is 8.09. The van der Waals surface area contributed by atoms with Crippen molar-refractivity contribution in [1.82, 2.24) is 10.2 Å². The van der Waals surface area contributed by atoms with Crippen molar-refractivity contribution in [2.75, 3.05) is 20.6 Å². The summed E-state index contributed by atoms with van der Waals surface area (Å²) in [6, 6.07) is 9.64. The number of likely N-dealkylation sites (N-methyl/N-ethyl adjacent to an activating group) is 1. The average molecular weight is 382 g/mol. The molecule has 8 heteroatoms. The van der Waals surface area contributed by atoms with E-state index in [4.69, 9.17) is 5.14 Å². The van der Waals surface area contributed by atoms with Crippen LogP contribution < -0.4 is 10.5 Å². The third-order valence-corrected chi connectivity index (χ3v) is 6.36. The number of aryl methyl sites for hydroxylation is 1. The van der Waals surface area contributed by atoms with Crippen molar-refractivity contribution in [3.8, 4) is 0 Å². The van der Waals surface area contributed by atoms with Crippen molar-refractivity contribution in [3.63, 3.8) is 0 Å². The van der Waals surface area contributed by atoms with Gasteiger partial charge in [0.2, 0.25) is 10.0 Å². The summed E-state index contributed by atoms with van der Waals surface area (Å²) in [6.45, 7) is 2.52. The lowest BCUT2D eigenvalue weighted by molar-refractivity contribution is 0.0942. The molecule has 136 valence electrons. The summed E-state index contributed by atoms with van der Waals surface area (Å²) in [5.74, 6) is -0.317. The molecule has 2 aromatic rings. The van der Waals surface area contributed by atoms with Gasteiger partial charge in [-0.05, 0) is 37.7 Å². The first-order valence-electron chi connectivity index (χ1n) is 7.87. The molecule has 6 nitrogen and oxygen atoms in total. The molecule has 1 aromatic heterocycles. The quantitative estimate of drug-likeness (QED) is 0.767. The van der Waals surface area contributed by atoms with E-state index in [1.807, 2.05) is 19.0 Å². The van der Waals surface area contributed by atoms with Gasteiger partial charge in [-0.3, -0.25) is 4.79 Å². The molecule has 0 aliphatic rings. The molecule has 2 rings (SSSR count). The zero-order valence-electron chi connectivity index (χ0n) is 14.5. The van der Waals surface area contributed by atoms with Crippen molar-refractivity contribution in [1.29, 1.82) is 0 Å².